The van der Waals surface area contributed by atoms with Crippen molar-refractivity contribution in [3.05, 3.63) is 0 Å². The molecular weight excluding hydrogens is 178 g/mol. The van der Waals surface area contributed by atoms with Crippen LogP contribution in [-0.4, -0.2) is 5.54 Å². The van der Waals surface area contributed by atoms with Crippen LogP contribution in [0.3, 0.4) is 0 Å². The lowest BCUT2D eigenvalue weighted by atomic mass is 9.92. The SMILES string of the molecule is Br.CCC(N)(CC)CC.[HH]. The maximum absolute atomic E-state index is 5.90. The van der Waals surface area contributed by atoms with E-state index in [0.29, 0.717) is 0 Å². The average Bonchev–Trinajstić information content (AvgIpc) is 1.87. The lowest BCUT2D eigenvalue weighted by Crippen LogP contribution is -2.37. The molecule has 0 unspecified atom stereocenters. The molecule has 0 aromatic carbocycles. The van der Waals surface area contributed by atoms with Crippen molar-refractivity contribution in [1.82, 2.24) is 0 Å². The Morgan fingerprint density at radius 1 is 1.11 bits per heavy atom. The van der Waals surface area contributed by atoms with Gasteiger partial charge < -0.3 is 5.73 Å². The summed E-state index contributed by atoms with van der Waals surface area (Å²) >= 11 is 0. The summed E-state index contributed by atoms with van der Waals surface area (Å²) < 4.78 is 0. The zero-order valence-corrected chi connectivity index (χ0v) is 8.32. The highest BCUT2D eigenvalue weighted by molar-refractivity contribution is 8.93. The summed E-state index contributed by atoms with van der Waals surface area (Å²) in [7, 11) is 0. The van der Waals surface area contributed by atoms with Crippen molar-refractivity contribution in [2.75, 3.05) is 0 Å². The summed E-state index contributed by atoms with van der Waals surface area (Å²) in [5.74, 6) is 0. The van der Waals surface area contributed by atoms with E-state index >= 15 is 0 Å². The van der Waals surface area contributed by atoms with E-state index in [2.05, 4.69) is 20.8 Å². The molecule has 0 rings (SSSR count). The van der Waals surface area contributed by atoms with Crippen LogP contribution >= 0.6 is 17.0 Å². The van der Waals surface area contributed by atoms with Gasteiger partial charge in [0.15, 0.2) is 0 Å². The average molecular weight is 198 g/mol. The van der Waals surface area contributed by atoms with Gasteiger partial charge in [-0.2, -0.15) is 0 Å². The van der Waals surface area contributed by atoms with Crippen LogP contribution < -0.4 is 5.73 Å². The Morgan fingerprint density at radius 3 is 1.33 bits per heavy atom. The fraction of sp³-hybridized carbons (Fsp3) is 1.00. The van der Waals surface area contributed by atoms with Crippen molar-refractivity contribution in [3.63, 3.8) is 0 Å². The predicted octanol–water partition coefficient (Wildman–Crippen LogP) is 2.74. The quantitative estimate of drug-likeness (QED) is 0.741. The molecule has 0 saturated heterocycles. The Morgan fingerprint density at radius 2 is 1.33 bits per heavy atom. The van der Waals surface area contributed by atoms with E-state index in [4.69, 9.17) is 5.73 Å². The Balaban J connectivity index is -0.000000245. The normalized spacial score (nSPS) is 10.7. The number of rotatable bonds is 3. The van der Waals surface area contributed by atoms with Crippen LogP contribution in [0.4, 0.5) is 0 Å². The molecule has 0 aromatic heterocycles. The van der Waals surface area contributed by atoms with Crippen molar-refractivity contribution in [2.45, 2.75) is 45.6 Å². The third kappa shape index (κ3) is 3.93. The molecule has 0 heterocycles. The lowest BCUT2D eigenvalue weighted by Gasteiger charge is -2.23. The van der Waals surface area contributed by atoms with Gasteiger partial charge in [-0.3, -0.25) is 0 Å². The Hall–Kier alpha value is 0.440. The Labute approximate surface area is 70.3 Å². The Kier molecular flexibility index (Phi) is 7.08. The molecule has 2 heteroatoms. The number of nitrogens with two attached hydrogens (primary N) is 1. The van der Waals surface area contributed by atoms with E-state index in [1.807, 2.05) is 0 Å². The standard InChI is InChI=1S/C7H17N.BrH.H2/c1-4-7(8,5-2)6-3;;/h4-6,8H2,1-3H3;2*1H. The maximum Gasteiger partial charge on any atom is 0.0146 e. The molecule has 2 N–H and O–H groups in total. The van der Waals surface area contributed by atoms with Crippen LogP contribution in [-0.2, 0) is 0 Å². The second-order valence-corrected chi connectivity index (χ2v) is 2.42. The molecule has 0 radical (unpaired) electrons. The first kappa shape index (κ1) is 12.1. The van der Waals surface area contributed by atoms with E-state index < -0.39 is 0 Å². The van der Waals surface area contributed by atoms with Gasteiger partial charge in [0.05, 0.1) is 0 Å². The molecule has 0 spiro atoms. The molecule has 0 atom stereocenters. The van der Waals surface area contributed by atoms with Crippen molar-refractivity contribution < 1.29 is 1.43 Å². The van der Waals surface area contributed by atoms with Gasteiger partial charge in [0, 0.05) is 6.97 Å². The van der Waals surface area contributed by atoms with Gasteiger partial charge in [-0.25, -0.2) is 0 Å². The van der Waals surface area contributed by atoms with Gasteiger partial charge >= 0.3 is 0 Å². The van der Waals surface area contributed by atoms with Crippen molar-refractivity contribution >= 4 is 17.0 Å². The number of hydrogen-bond donors (Lipinski definition) is 1. The minimum atomic E-state index is 0. The molecule has 0 bridgehead atoms. The summed E-state index contributed by atoms with van der Waals surface area (Å²) in [6.07, 6.45) is 3.29. The monoisotopic (exact) mass is 197 g/mol. The molecule has 0 amide bonds. The number of halogens is 1. The highest BCUT2D eigenvalue weighted by atomic mass is 79.9. The van der Waals surface area contributed by atoms with Crippen LogP contribution in [0, 0.1) is 0 Å². The third-order valence-electron chi connectivity index (χ3n) is 2.11. The second-order valence-electron chi connectivity index (χ2n) is 2.42. The molecule has 0 fully saturated rings. The van der Waals surface area contributed by atoms with Crippen LogP contribution in [0.25, 0.3) is 0 Å². The highest BCUT2D eigenvalue weighted by Crippen LogP contribution is 2.14. The van der Waals surface area contributed by atoms with E-state index in [0.717, 1.165) is 19.3 Å². The summed E-state index contributed by atoms with van der Waals surface area (Å²) in [6, 6.07) is 0. The first-order valence-corrected chi connectivity index (χ1v) is 3.47. The Bertz CT molecular complexity index is 56.4. The van der Waals surface area contributed by atoms with Gasteiger partial charge in [-0.15, -0.1) is 17.0 Å². The van der Waals surface area contributed by atoms with Crippen LogP contribution in [0.15, 0.2) is 0 Å². The van der Waals surface area contributed by atoms with Gasteiger partial charge in [0.1, 0.15) is 0 Å². The van der Waals surface area contributed by atoms with E-state index in [-0.39, 0.29) is 23.9 Å². The van der Waals surface area contributed by atoms with Gasteiger partial charge in [-0.05, 0) is 19.3 Å². The van der Waals surface area contributed by atoms with E-state index in [9.17, 15) is 0 Å². The minimum absolute atomic E-state index is 0. The van der Waals surface area contributed by atoms with Gasteiger partial charge in [0.2, 0.25) is 0 Å². The summed E-state index contributed by atoms with van der Waals surface area (Å²) in [6.45, 7) is 6.44. The molecule has 1 nitrogen and oxygen atoms in total. The van der Waals surface area contributed by atoms with Gasteiger partial charge in [-0.1, -0.05) is 20.8 Å². The first-order valence-electron chi connectivity index (χ1n) is 3.47. The topological polar surface area (TPSA) is 26.0 Å². The molecule has 0 aliphatic rings. The van der Waals surface area contributed by atoms with Crippen molar-refractivity contribution in [1.29, 1.82) is 0 Å². The lowest BCUT2D eigenvalue weighted by molar-refractivity contribution is 0.383. The first-order chi connectivity index (χ1) is 3.68. The molecule has 0 aliphatic carbocycles. The molecule has 0 saturated carbocycles. The van der Waals surface area contributed by atoms with Gasteiger partial charge in [0.25, 0.3) is 0 Å². The predicted molar refractivity (Wildman–Crippen MR) is 50.2 cm³/mol. The van der Waals surface area contributed by atoms with E-state index in [1.165, 1.54) is 0 Å². The second kappa shape index (κ2) is 5.24. The maximum atomic E-state index is 5.90. The van der Waals surface area contributed by atoms with Crippen molar-refractivity contribution in [2.24, 2.45) is 5.73 Å². The molecule has 9 heavy (non-hydrogen) atoms. The molecule has 0 aromatic rings. The zero-order chi connectivity index (χ0) is 6.62. The fourth-order valence-corrected chi connectivity index (χ4v) is 0.750. The summed E-state index contributed by atoms with van der Waals surface area (Å²) in [4.78, 5) is 0. The molecular formula is C7H20BrN. The third-order valence-corrected chi connectivity index (χ3v) is 2.11. The van der Waals surface area contributed by atoms with Crippen molar-refractivity contribution in [3.8, 4) is 0 Å². The summed E-state index contributed by atoms with van der Waals surface area (Å²) in [5.41, 5.74) is 6.02. The zero-order valence-electron chi connectivity index (χ0n) is 6.61. The highest BCUT2D eigenvalue weighted by Gasteiger charge is 2.15. The largest absolute Gasteiger partial charge is 0.325 e. The van der Waals surface area contributed by atoms with Crippen LogP contribution in [0.5, 0.6) is 0 Å². The minimum Gasteiger partial charge on any atom is -0.325 e. The number of hydrogen-bond acceptors (Lipinski definition) is 1. The molecule has 0 aliphatic heterocycles. The summed E-state index contributed by atoms with van der Waals surface area (Å²) in [5, 5.41) is 0. The smallest absolute Gasteiger partial charge is 0.0146 e. The fourth-order valence-electron chi connectivity index (χ4n) is 0.750. The van der Waals surface area contributed by atoms with Crippen LogP contribution in [0.1, 0.15) is 41.5 Å². The molecule has 60 valence electrons. The van der Waals surface area contributed by atoms with Crippen LogP contribution in [0.2, 0.25) is 0 Å². The van der Waals surface area contributed by atoms with E-state index in [1.54, 1.807) is 0 Å².